The number of carbonyl (C=O) groups excluding carboxylic acids is 6. The molecule has 112 heavy (non-hydrogen) atoms. The lowest BCUT2D eigenvalue weighted by Gasteiger charge is -2.30. The quantitative estimate of drug-likeness (QED) is 0.0170. The van der Waals surface area contributed by atoms with Gasteiger partial charge in [0.2, 0.25) is 23.6 Å². The van der Waals surface area contributed by atoms with E-state index in [-0.39, 0.29) is 96.1 Å². The Morgan fingerprint density at radius 1 is 0.518 bits per heavy atom. The van der Waals surface area contributed by atoms with Gasteiger partial charge < -0.3 is 112 Å². The van der Waals surface area contributed by atoms with Gasteiger partial charge in [0, 0.05) is 88.0 Å². The molecule has 6 heterocycles. The van der Waals surface area contributed by atoms with Crippen molar-refractivity contribution in [3.8, 4) is 0 Å². The number of hydrogen-bond donors (Lipinski definition) is 20. The van der Waals surface area contributed by atoms with Crippen LogP contribution in [-0.4, -0.2) is 268 Å². The minimum absolute atomic E-state index is 0.0310. The highest BCUT2D eigenvalue weighted by atomic mass is 32.2. The maximum Gasteiger partial charge on any atom is 0.481 e. The summed E-state index contributed by atoms with van der Waals surface area (Å²) in [6.45, 7) is 3.80. The van der Waals surface area contributed by atoms with Crippen LogP contribution < -0.4 is 32.7 Å². The van der Waals surface area contributed by atoms with Gasteiger partial charge in [-0.3, -0.25) is 74.6 Å². The Bertz CT molecular complexity index is 3950. The number of nitrogens with two attached hydrogens (primary N) is 2. The lowest BCUT2D eigenvalue weighted by Crippen LogP contribution is -2.46. The number of aliphatic hydroxyl groups excluding tert-OH is 4. The summed E-state index contributed by atoms with van der Waals surface area (Å²) < 4.78 is 124. The summed E-state index contributed by atoms with van der Waals surface area (Å²) in [6, 6.07) is 0. The number of rotatable bonds is 43. The zero-order valence-electron chi connectivity index (χ0n) is 59.7. The number of phosphoric acid groups is 6. The fraction of sp³-hybridized carbons (Fsp3) is 0.654. The minimum Gasteiger partial charge on any atom is -0.481 e. The van der Waals surface area contributed by atoms with Crippen LogP contribution in [0.5, 0.6) is 0 Å². The van der Waals surface area contributed by atoms with Crippen molar-refractivity contribution >= 4 is 150 Å². The molecule has 14 atom stereocenters. The molecule has 634 valence electrons. The number of nitrogens with zero attached hydrogens (tertiary/aromatic N) is 8. The number of carbonyl (C=O) groups is 8. The Morgan fingerprint density at radius 3 is 1.16 bits per heavy atom. The molecular weight excluding hydrogens is 1680 g/mol. The number of amides is 4. The molecule has 4 aromatic heterocycles. The number of aliphatic carboxylic acids is 2. The molecule has 2 fully saturated rings. The monoisotopic (exact) mass is 1760 g/mol. The molecule has 2 aliphatic rings. The number of ether oxygens (including phenoxy) is 2. The number of carboxylic acids is 2. The maximum atomic E-state index is 12.6. The normalized spacial score (nSPS) is 21.4. The number of imidazole rings is 2. The third kappa shape index (κ3) is 33.7. The van der Waals surface area contributed by atoms with Crippen LogP contribution >= 0.6 is 70.5 Å². The first-order chi connectivity index (χ1) is 51.7. The van der Waals surface area contributed by atoms with Crippen molar-refractivity contribution in [3.63, 3.8) is 0 Å². The molecule has 2 aliphatic heterocycles. The van der Waals surface area contributed by atoms with Crippen LogP contribution in [-0.2, 0) is 111 Å². The average Bonchev–Trinajstić information content (AvgIpc) is 1.62. The van der Waals surface area contributed by atoms with Gasteiger partial charge in [0.1, 0.15) is 72.5 Å². The molecule has 4 amide bonds. The van der Waals surface area contributed by atoms with Gasteiger partial charge in [0.25, 0.3) is 0 Å². The second-order valence-corrected chi connectivity index (χ2v) is 35.8. The third-order valence-electron chi connectivity index (χ3n) is 14.6. The van der Waals surface area contributed by atoms with Crippen molar-refractivity contribution in [2.45, 2.75) is 141 Å². The molecule has 52 nitrogen and oxygen atoms in total. The van der Waals surface area contributed by atoms with Crippen LogP contribution in [0.15, 0.2) is 25.3 Å². The van der Waals surface area contributed by atoms with Gasteiger partial charge in [-0.05, 0) is 12.8 Å². The number of nitrogens with one attached hydrogen (secondary N) is 4. The standard InChI is InChI=1S/2C23H38N7O17P3S.C6H10O4/c2*1-12(31)51-7-6-25-14(32)4-5-26-21(35)18(34)23(2,3)9-44-50(41,42)47-49(39,40)43-8-13-17(46-48(36,37)38)16(33)22(45-13)30-11-29-15-19(24)27-10-28-20(15)30;7-5(8)3-1-2-4-6(9)10/h2*10-11,13,16-18,22,33-34H,4-9H2,1-3H3,(H,25,32)(H,26,35)(H,39,40)(H,41,42)(H2,24,27,28)(H2,36,37,38);1-4H2,(H,7,8)(H,9,10)/t2*13-,16-,17-,18?,22-;/m11./s1. The number of anilines is 2. The summed E-state index contributed by atoms with van der Waals surface area (Å²) in [4.78, 5) is 192. The second-order valence-electron chi connectivity index (χ2n) is 24.8. The number of carboxylic acid groups (broad SMARTS) is 2. The lowest BCUT2D eigenvalue weighted by molar-refractivity contribution is -0.139. The van der Waals surface area contributed by atoms with Gasteiger partial charge in [0.15, 0.2) is 45.6 Å². The van der Waals surface area contributed by atoms with Gasteiger partial charge in [0.05, 0.1) is 39.1 Å². The molecule has 4 aromatic rings. The van der Waals surface area contributed by atoms with Crippen molar-refractivity contribution in [3.05, 3.63) is 25.3 Å². The molecule has 0 aliphatic carbocycles. The van der Waals surface area contributed by atoms with Gasteiger partial charge in [-0.2, -0.15) is 8.62 Å². The SMILES string of the molecule is CC(=O)SCCNC(=O)CCNC(=O)C(O)C(C)(C)COP(=O)(O)OP(=O)(O)OC[C@H]1O[C@@H](n2cnc3c(N)ncnc32)[C@H](O)[C@@H]1OP(=O)(O)O.CC(=O)SCCNC(=O)CCNC(=O)C(O)C(C)(C)COP(=O)(O)OP(=O)(O)OC[C@H]1O[C@@H](n2cnc3c(N)ncnc32)[C@H](O)[C@@H]1OP(=O)(O)O.O=C(O)CCCCC(=O)O. The molecule has 0 saturated carbocycles. The highest BCUT2D eigenvalue weighted by Gasteiger charge is 2.53. The summed E-state index contributed by atoms with van der Waals surface area (Å²) in [5.41, 5.74) is 8.52. The number of thioether (sulfide) groups is 2. The zero-order valence-corrected chi connectivity index (χ0v) is 66.7. The van der Waals surface area contributed by atoms with E-state index in [1.165, 1.54) is 41.5 Å². The van der Waals surface area contributed by atoms with E-state index < -0.39 is 181 Å². The van der Waals surface area contributed by atoms with E-state index in [0.29, 0.717) is 24.3 Å². The van der Waals surface area contributed by atoms with E-state index in [9.17, 15) is 125 Å². The topological polar surface area (TPSA) is 802 Å². The van der Waals surface area contributed by atoms with Gasteiger partial charge in [-0.15, -0.1) is 0 Å². The van der Waals surface area contributed by atoms with Crippen LogP contribution in [0.25, 0.3) is 22.3 Å². The Kier molecular flexibility index (Phi) is 38.1. The molecule has 2 saturated heterocycles. The number of unbranched alkanes of at least 4 members (excludes halogenated alkanes) is 1. The summed E-state index contributed by atoms with van der Waals surface area (Å²) >= 11 is 2.05. The summed E-state index contributed by atoms with van der Waals surface area (Å²) in [6.07, 6.45) is -12.7. The van der Waals surface area contributed by atoms with Crippen LogP contribution in [0, 0.1) is 10.8 Å². The maximum absolute atomic E-state index is 12.6. The van der Waals surface area contributed by atoms with E-state index in [1.807, 2.05) is 0 Å². The molecule has 0 bridgehead atoms. The van der Waals surface area contributed by atoms with Crippen molar-refractivity contribution in [1.82, 2.24) is 60.3 Å². The molecule has 22 N–H and O–H groups in total. The first-order valence-corrected chi connectivity index (χ1v) is 43.2. The van der Waals surface area contributed by atoms with Crippen LogP contribution in [0.3, 0.4) is 0 Å². The molecular formula is C52H86N14O38P6S2. The van der Waals surface area contributed by atoms with Gasteiger partial charge in [-0.1, -0.05) is 51.2 Å². The Balaban J connectivity index is 0.000000420. The van der Waals surface area contributed by atoms with E-state index in [1.54, 1.807) is 0 Å². The van der Waals surface area contributed by atoms with Crippen molar-refractivity contribution < 1.29 is 181 Å². The minimum atomic E-state index is -5.56. The summed E-state index contributed by atoms with van der Waals surface area (Å²) in [5, 5.41) is 68.4. The highest BCUT2D eigenvalue weighted by Crippen LogP contribution is 2.63. The fourth-order valence-electron chi connectivity index (χ4n) is 9.20. The van der Waals surface area contributed by atoms with E-state index >= 15 is 0 Å². The lowest BCUT2D eigenvalue weighted by atomic mass is 9.87. The van der Waals surface area contributed by atoms with Crippen molar-refractivity contribution in [1.29, 1.82) is 0 Å². The van der Waals surface area contributed by atoms with E-state index in [4.69, 9.17) is 49.2 Å². The van der Waals surface area contributed by atoms with Gasteiger partial charge in [-0.25, -0.2) is 57.3 Å². The highest BCUT2D eigenvalue weighted by molar-refractivity contribution is 8.13. The zero-order chi connectivity index (χ0) is 84.7. The largest absolute Gasteiger partial charge is 0.481 e. The van der Waals surface area contributed by atoms with E-state index in [0.717, 1.165) is 58.0 Å². The number of nitrogen functional groups attached to an aromatic ring is 2. The molecule has 0 radical (unpaired) electrons. The third-order valence-corrected chi connectivity index (χ3v) is 22.5. The number of hydrogen-bond acceptors (Lipinski definition) is 38. The summed E-state index contributed by atoms with van der Waals surface area (Å²) in [7, 11) is -32.7. The first kappa shape index (κ1) is 98.4. The summed E-state index contributed by atoms with van der Waals surface area (Å²) in [5.74, 6) is -3.91. The average molecular weight is 1770 g/mol. The van der Waals surface area contributed by atoms with Crippen LogP contribution in [0.4, 0.5) is 11.6 Å². The number of aliphatic hydroxyl groups is 4. The number of fused-ring (bicyclic) bond motifs is 2. The number of aromatic nitrogens is 8. The van der Waals surface area contributed by atoms with Crippen molar-refractivity contribution in [2.24, 2.45) is 10.8 Å². The first-order valence-electron chi connectivity index (χ1n) is 32.1. The van der Waals surface area contributed by atoms with Crippen LogP contribution in [0.2, 0.25) is 0 Å². The predicted molar refractivity (Wildman–Crippen MR) is 379 cm³/mol. The number of phosphoric ester groups is 6. The fourth-order valence-corrected chi connectivity index (χ4v) is 15.8. The molecule has 0 aromatic carbocycles. The molecule has 6 unspecified atom stereocenters. The molecule has 60 heteroatoms. The Hall–Kier alpha value is -5.94. The van der Waals surface area contributed by atoms with Gasteiger partial charge >= 0.3 is 58.9 Å². The molecule has 0 spiro atoms. The Morgan fingerprint density at radius 2 is 0.848 bits per heavy atom. The molecule has 6 rings (SSSR count). The predicted octanol–water partition coefficient (Wildman–Crippen LogP) is -1.91. The van der Waals surface area contributed by atoms with Crippen LogP contribution in [0.1, 0.15) is 92.5 Å². The van der Waals surface area contributed by atoms with E-state index in [2.05, 4.69) is 68.8 Å². The second kappa shape index (κ2) is 43.3. The smallest absolute Gasteiger partial charge is 0.481 e. The Labute approximate surface area is 641 Å². The van der Waals surface area contributed by atoms with Crippen molar-refractivity contribution in [2.75, 3.05) is 75.6 Å².